The van der Waals surface area contributed by atoms with Crippen LogP contribution in [0.25, 0.3) is 0 Å². The highest BCUT2D eigenvalue weighted by Crippen LogP contribution is 2.27. The van der Waals surface area contributed by atoms with Gasteiger partial charge >= 0.3 is 0 Å². The van der Waals surface area contributed by atoms with Gasteiger partial charge in [0.15, 0.2) is 0 Å². The maximum absolute atomic E-state index is 13.0. The van der Waals surface area contributed by atoms with Crippen molar-refractivity contribution in [3.8, 4) is 5.75 Å². The molecule has 2 aromatic rings. The number of hydrogen-bond acceptors (Lipinski definition) is 3. The lowest BCUT2D eigenvalue weighted by Crippen LogP contribution is -2.11. The molecule has 0 saturated heterocycles. The van der Waals surface area contributed by atoms with E-state index in [9.17, 15) is 4.39 Å². The van der Waals surface area contributed by atoms with Crippen molar-refractivity contribution < 1.29 is 9.13 Å². The fraction of sp³-hybridized carbons (Fsp3) is 0.231. The second kappa shape index (κ2) is 5.29. The lowest BCUT2D eigenvalue weighted by molar-refractivity contribution is 0.416. The molecule has 0 aliphatic rings. The fourth-order valence-electron chi connectivity index (χ4n) is 1.65. The van der Waals surface area contributed by atoms with Crippen LogP contribution in [0.4, 0.5) is 4.39 Å². The number of rotatable bonds is 4. The van der Waals surface area contributed by atoms with Crippen molar-refractivity contribution in [2.75, 3.05) is 7.11 Å². The van der Waals surface area contributed by atoms with Gasteiger partial charge < -0.3 is 10.5 Å². The van der Waals surface area contributed by atoms with Crippen LogP contribution < -0.4 is 10.5 Å². The first-order valence-electron chi connectivity index (χ1n) is 5.31. The van der Waals surface area contributed by atoms with Crippen molar-refractivity contribution in [3.05, 3.63) is 52.0 Å². The van der Waals surface area contributed by atoms with E-state index in [1.54, 1.807) is 24.5 Å². The van der Waals surface area contributed by atoms with Crippen LogP contribution in [-0.2, 0) is 6.42 Å². The number of methoxy groups -OCH3 is 1. The maximum atomic E-state index is 13.0. The van der Waals surface area contributed by atoms with E-state index in [0.29, 0.717) is 6.42 Å². The average Bonchev–Trinajstić information content (AvgIpc) is 2.77. The average molecular weight is 251 g/mol. The Kier molecular flexibility index (Phi) is 3.76. The Bertz CT molecular complexity index is 498. The molecule has 0 fully saturated rings. The summed E-state index contributed by atoms with van der Waals surface area (Å²) in [7, 11) is 1.63. The van der Waals surface area contributed by atoms with Crippen LogP contribution >= 0.6 is 11.3 Å². The van der Waals surface area contributed by atoms with Gasteiger partial charge in [0.1, 0.15) is 11.6 Å². The van der Waals surface area contributed by atoms with Crippen LogP contribution in [-0.4, -0.2) is 7.11 Å². The normalized spacial score (nSPS) is 12.4. The second-order valence-electron chi connectivity index (χ2n) is 3.83. The van der Waals surface area contributed by atoms with Crippen molar-refractivity contribution in [1.29, 1.82) is 0 Å². The summed E-state index contributed by atoms with van der Waals surface area (Å²) in [5.41, 5.74) is 6.98. The Morgan fingerprint density at radius 1 is 1.41 bits per heavy atom. The zero-order valence-electron chi connectivity index (χ0n) is 9.52. The molecule has 2 nitrogen and oxygen atoms in total. The molecular weight excluding hydrogens is 237 g/mol. The highest BCUT2D eigenvalue weighted by Gasteiger charge is 2.10. The van der Waals surface area contributed by atoms with Crippen LogP contribution in [0, 0.1) is 5.82 Å². The summed E-state index contributed by atoms with van der Waals surface area (Å²) in [6, 6.07) is 8.34. The van der Waals surface area contributed by atoms with Crippen molar-refractivity contribution in [1.82, 2.24) is 0 Å². The van der Waals surface area contributed by atoms with Gasteiger partial charge in [-0.3, -0.25) is 0 Å². The minimum Gasteiger partial charge on any atom is -0.496 e. The van der Waals surface area contributed by atoms with E-state index in [1.807, 2.05) is 17.5 Å². The minimum absolute atomic E-state index is 0.120. The Morgan fingerprint density at radius 2 is 2.24 bits per heavy atom. The van der Waals surface area contributed by atoms with Crippen molar-refractivity contribution in [3.63, 3.8) is 0 Å². The number of thiophene rings is 1. The molecule has 90 valence electrons. The highest BCUT2D eigenvalue weighted by molar-refractivity contribution is 7.10. The third-order valence-electron chi connectivity index (χ3n) is 2.54. The monoisotopic (exact) mass is 251 g/mol. The number of ether oxygens (including phenoxy) is 1. The molecule has 2 rings (SSSR count). The Balaban J connectivity index is 2.08. The number of halogens is 1. The summed E-state index contributed by atoms with van der Waals surface area (Å²) in [5.74, 6) is 0.596. The summed E-state index contributed by atoms with van der Waals surface area (Å²) < 4.78 is 18.1. The Labute approximate surface area is 104 Å². The molecule has 0 aliphatic carbocycles. The molecule has 1 atom stereocenters. The van der Waals surface area contributed by atoms with Gasteiger partial charge in [0.2, 0.25) is 0 Å². The summed E-state index contributed by atoms with van der Waals surface area (Å²) in [4.78, 5) is 1.05. The molecule has 4 heteroatoms. The van der Waals surface area contributed by atoms with Gasteiger partial charge in [0, 0.05) is 16.3 Å². The second-order valence-corrected chi connectivity index (χ2v) is 4.77. The zero-order valence-corrected chi connectivity index (χ0v) is 10.3. The van der Waals surface area contributed by atoms with Gasteiger partial charge in [-0.2, -0.15) is 0 Å². The van der Waals surface area contributed by atoms with Gasteiger partial charge in [0.05, 0.1) is 7.11 Å². The van der Waals surface area contributed by atoms with E-state index >= 15 is 0 Å². The molecule has 0 bridgehead atoms. The van der Waals surface area contributed by atoms with Gasteiger partial charge in [-0.05, 0) is 30.2 Å². The van der Waals surface area contributed by atoms with E-state index in [4.69, 9.17) is 10.5 Å². The minimum atomic E-state index is -0.224. The van der Waals surface area contributed by atoms with Gasteiger partial charge in [-0.15, -0.1) is 11.3 Å². The number of nitrogens with two attached hydrogens (primary N) is 1. The molecule has 1 unspecified atom stereocenters. The highest BCUT2D eigenvalue weighted by atomic mass is 32.1. The van der Waals surface area contributed by atoms with Gasteiger partial charge in [0.25, 0.3) is 0 Å². The summed E-state index contributed by atoms with van der Waals surface area (Å²) >= 11 is 1.56. The van der Waals surface area contributed by atoms with Gasteiger partial charge in [-0.25, -0.2) is 4.39 Å². The first-order chi connectivity index (χ1) is 8.19. The zero-order chi connectivity index (χ0) is 12.3. The van der Waals surface area contributed by atoms with Crippen molar-refractivity contribution in [2.45, 2.75) is 12.5 Å². The molecule has 1 aromatic heterocycles. The van der Waals surface area contributed by atoms with E-state index < -0.39 is 0 Å². The molecule has 2 N–H and O–H groups in total. The molecule has 0 amide bonds. The topological polar surface area (TPSA) is 35.2 Å². The SMILES string of the molecule is COc1csc(C(N)Cc2cccc(F)c2)c1. The lowest BCUT2D eigenvalue weighted by atomic mass is 10.1. The molecule has 0 saturated carbocycles. The van der Waals surface area contributed by atoms with Crippen LogP contribution in [0.1, 0.15) is 16.5 Å². The molecule has 0 radical (unpaired) electrons. The van der Waals surface area contributed by atoms with Crippen LogP contribution in [0.2, 0.25) is 0 Å². The molecule has 0 spiro atoms. The molecular formula is C13H14FNOS. The van der Waals surface area contributed by atoms with Crippen LogP contribution in [0.3, 0.4) is 0 Å². The summed E-state index contributed by atoms with van der Waals surface area (Å²) in [6.45, 7) is 0. The van der Waals surface area contributed by atoms with E-state index in [2.05, 4.69) is 0 Å². The lowest BCUT2D eigenvalue weighted by Gasteiger charge is -2.09. The Morgan fingerprint density at radius 3 is 2.88 bits per heavy atom. The molecule has 17 heavy (non-hydrogen) atoms. The molecule has 1 heterocycles. The third-order valence-corrected chi connectivity index (χ3v) is 3.58. The quantitative estimate of drug-likeness (QED) is 0.906. The van der Waals surface area contributed by atoms with E-state index in [0.717, 1.165) is 16.2 Å². The summed E-state index contributed by atoms with van der Waals surface area (Å²) in [6.07, 6.45) is 0.626. The maximum Gasteiger partial charge on any atom is 0.129 e. The summed E-state index contributed by atoms with van der Waals surface area (Å²) in [5, 5.41) is 1.92. The van der Waals surface area contributed by atoms with Crippen molar-refractivity contribution >= 4 is 11.3 Å². The fourth-order valence-corrected chi connectivity index (χ4v) is 2.51. The standard InChI is InChI=1S/C13H14FNOS/c1-16-11-7-13(17-8-11)12(15)6-9-3-2-4-10(14)5-9/h2-5,7-8,12H,6,15H2,1H3. The first-order valence-corrected chi connectivity index (χ1v) is 6.19. The van der Waals surface area contributed by atoms with Crippen molar-refractivity contribution in [2.24, 2.45) is 5.73 Å². The van der Waals surface area contributed by atoms with Crippen LogP contribution in [0.15, 0.2) is 35.7 Å². The van der Waals surface area contributed by atoms with Gasteiger partial charge in [-0.1, -0.05) is 12.1 Å². The number of hydrogen-bond donors (Lipinski definition) is 1. The smallest absolute Gasteiger partial charge is 0.129 e. The van der Waals surface area contributed by atoms with E-state index in [-0.39, 0.29) is 11.9 Å². The number of benzene rings is 1. The largest absolute Gasteiger partial charge is 0.496 e. The van der Waals surface area contributed by atoms with Crippen LogP contribution in [0.5, 0.6) is 5.75 Å². The predicted octanol–water partition coefficient (Wildman–Crippen LogP) is 3.14. The molecule has 1 aromatic carbocycles. The molecule has 0 aliphatic heterocycles. The predicted molar refractivity (Wildman–Crippen MR) is 67.9 cm³/mol. The first kappa shape index (κ1) is 12.1. The Hall–Kier alpha value is -1.39. The third kappa shape index (κ3) is 3.05. The van der Waals surface area contributed by atoms with E-state index in [1.165, 1.54) is 12.1 Å².